The Labute approximate surface area is 117 Å². The molecule has 0 radical (unpaired) electrons. The maximum absolute atomic E-state index is 5.15. The van der Waals surface area contributed by atoms with E-state index in [1.54, 1.807) is 14.2 Å². The molecule has 0 fully saturated rings. The first-order valence-electron chi connectivity index (χ1n) is 6.84. The second-order valence-electron chi connectivity index (χ2n) is 5.76. The number of ether oxygens (including phenoxy) is 2. The molecule has 3 heteroatoms. The van der Waals surface area contributed by atoms with Crippen molar-refractivity contribution in [3.05, 3.63) is 35.4 Å². The molecule has 0 aliphatic carbocycles. The van der Waals surface area contributed by atoms with Gasteiger partial charge >= 0.3 is 0 Å². The Hall–Kier alpha value is -0.900. The maximum Gasteiger partial charge on any atom is 0.0713 e. The predicted molar refractivity (Wildman–Crippen MR) is 79.1 cm³/mol. The molecule has 1 aromatic carbocycles. The van der Waals surface area contributed by atoms with E-state index in [1.165, 1.54) is 11.1 Å². The third-order valence-electron chi connectivity index (χ3n) is 3.22. The average Bonchev–Trinajstić information content (AvgIpc) is 2.37. The molecule has 0 spiro atoms. The molecule has 1 N–H and O–H groups in total. The lowest BCUT2D eigenvalue weighted by atomic mass is 9.89. The third kappa shape index (κ3) is 6.71. The first-order chi connectivity index (χ1) is 9.07. The summed E-state index contributed by atoms with van der Waals surface area (Å²) < 4.78 is 10.3. The fourth-order valence-corrected chi connectivity index (χ4v) is 2.01. The Bertz CT molecular complexity index is 364. The van der Waals surface area contributed by atoms with E-state index in [9.17, 15) is 0 Å². The smallest absolute Gasteiger partial charge is 0.0713 e. The molecule has 0 aliphatic rings. The van der Waals surface area contributed by atoms with Gasteiger partial charge in [0.1, 0.15) is 0 Å². The van der Waals surface area contributed by atoms with Crippen LogP contribution in [-0.2, 0) is 22.6 Å². The molecular formula is C16H27NO2. The normalized spacial score (nSPS) is 11.8. The Balaban J connectivity index is 2.37. The van der Waals surface area contributed by atoms with Crippen LogP contribution >= 0.6 is 0 Å². The SMILES string of the molecule is COCCC(C)(C)CNCc1cccc(COC)c1. The van der Waals surface area contributed by atoms with Crippen molar-refractivity contribution < 1.29 is 9.47 Å². The summed E-state index contributed by atoms with van der Waals surface area (Å²) in [7, 11) is 3.48. The van der Waals surface area contributed by atoms with Gasteiger partial charge in [-0.25, -0.2) is 0 Å². The molecule has 1 rings (SSSR count). The maximum atomic E-state index is 5.15. The zero-order valence-electron chi connectivity index (χ0n) is 12.7. The summed E-state index contributed by atoms with van der Waals surface area (Å²) in [6, 6.07) is 8.52. The van der Waals surface area contributed by atoms with Gasteiger partial charge in [-0.3, -0.25) is 0 Å². The summed E-state index contributed by atoms with van der Waals surface area (Å²) in [6.45, 7) is 7.91. The lowest BCUT2D eigenvalue weighted by Crippen LogP contribution is -2.30. The topological polar surface area (TPSA) is 30.5 Å². The van der Waals surface area contributed by atoms with Crippen molar-refractivity contribution in [1.29, 1.82) is 0 Å². The number of hydrogen-bond donors (Lipinski definition) is 1. The summed E-state index contributed by atoms with van der Waals surface area (Å²) in [6.07, 6.45) is 1.07. The van der Waals surface area contributed by atoms with Crippen LogP contribution in [-0.4, -0.2) is 27.4 Å². The highest BCUT2D eigenvalue weighted by Crippen LogP contribution is 2.19. The van der Waals surface area contributed by atoms with Crippen LogP contribution in [0.1, 0.15) is 31.4 Å². The largest absolute Gasteiger partial charge is 0.385 e. The van der Waals surface area contributed by atoms with Gasteiger partial charge in [-0.1, -0.05) is 38.1 Å². The van der Waals surface area contributed by atoms with Crippen molar-refractivity contribution in [3.8, 4) is 0 Å². The van der Waals surface area contributed by atoms with Crippen LogP contribution in [0.15, 0.2) is 24.3 Å². The van der Waals surface area contributed by atoms with Crippen LogP contribution in [0, 0.1) is 5.41 Å². The fraction of sp³-hybridized carbons (Fsp3) is 0.625. The molecule has 3 nitrogen and oxygen atoms in total. The van der Waals surface area contributed by atoms with Crippen molar-refractivity contribution in [2.24, 2.45) is 5.41 Å². The second-order valence-corrected chi connectivity index (χ2v) is 5.76. The molecule has 0 bridgehead atoms. The molecular weight excluding hydrogens is 238 g/mol. The van der Waals surface area contributed by atoms with Crippen molar-refractivity contribution >= 4 is 0 Å². The van der Waals surface area contributed by atoms with Gasteiger partial charge in [0.2, 0.25) is 0 Å². The van der Waals surface area contributed by atoms with Crippen LogP contribution in [0.4, 0.5) is 0 Å². The van der Waals surface area contributed by atoms with E-state index in [2.05, 4.69) is 43.4 Å². The standard InChI is InChI=1S/C16H27NO2/c1-16(2,8-9-18-3)13-17-11-14-6-5-7-15(10-14)12-19-4/h5-7,10,17H,8-9,11-13H2,1-4H3. The van der Waals surface area contributed by atoms with Gasteiger partial charge in [-0.15, -0.1) is 0 Å². The number of benzene rings is 1. The van der Waals surface area contributed by atoms with Crippen LogP contribution in [0.25, 0.3) is 0 Å². The number of methoxy groups -OCH3 is 2. The minimum atomic E-state index is 0.264. The van der Waals surface area contributed by atoms with Gasteiger partial charge in [0.15, 0.2) is 0 Å². The highest BCUT2D eigenvalue weighted by atomic mass is 16.5. The molecule has 0 unspecified atom stereocenters. The van der Waals surface area contributed by atoms with Crippen LogP contribution < -0.4 is 5.32 Å². The minimum absolute atomic E-state index is 0.264. The monoisotopic (exact) mass is 265 g/mol. The Morgan fingerprint density at radius 2 is 1.84 bits per heavy atom. The van der Waals surface area contributed by atoms with Crippen LogP contribution in [0.3, 0.4) is 0 Å². The number of rotatable bonds is 9. The van der Waals surface area contributed by atoms with Crippen molar-refractivity contribution in [1.82, 2.24) is 5.32 Å². The molecule has 0 aliphatic heterocycles. The quantitative estimate of drug-likeness (QED) is 0.744. The van der Waals surface area contributed by atoms with Gasteiger partial charge in [-0.2, -0.15) is 0 Å². The Kier molecular flexibility index (Phi) is 7.06. The van der Waals surface area contributed by atoms with Gasteiger partial charge in [-0.05, 0) is 23.0 Å². The van der Waals surface area contributed by atoms with E-state index in [1.807, 2.05) is 0 Å². The van der Waals surface area contributed by atoms with E-state index in [0.717, 1.165) is 26.1 Å². The molecule has 0 saturated carbocycles. The molecule has 0 heterocycles. The van der Waals surface area contributed by atoms with Crippen molar-refractivity contribution in [2.45, 2.75) is 33.4 Å². The van der Waals surface area contributed by atoms with Crippen molar-refractivity contribution in [3.63, 3.8) is 0 Å². The van der Waals surface area contributed by atoms with E-state index in [0.29, 0.717) is 6.61 Å². The lowest BCUT2D eigenvalue weighted by molar-refractivity contribution is 0.150. The highest BCUT2D eigenvalue weighted by Gasteiger charge is 2.16. The first kappa shape index (κ1) is 16.2. The molecule has 0 amide bonds. The fourth-order valence-electron chi connectivity index (χ4n) is 2.01. The van der Waals surface area contributed by atoms with Crippen LogP contribution in [0.5, 0.6) is 0 Å². The minimum Gasteiger partial charge on any atom is -0.385 e. The second kappa shape index (κ2) is 8.31. The average molecular weight is 265 g/mol. The van der Waals surface area contributed by atoms with Crippen molar-refractivity contribution in [2.75, 3.05) is 27.4 Å². The summed E-state index contributed by atoms with van der Waals surface area (Å²) in [5.41, 5.74) is 2.79. The van der Waals surface area contributed by atoms with E-state index < -0.39 is 0 Å². The Morgan fingerprint density at radius 3 is 2.53 bits per heavy atom. The predicted octanol–water partition coefficient (Wildman–Crippen LogP) is 2.99. The van der Waals surface area contributed by atoms with E-state index in [-0.39, 0.29) is 5.41 Å². The third-order valence-corrected chi connectivity index (χ3v) is 3.22. The zero-order valence-corrected chi connectivity index (χ0v) is 12.7. The summed E-state index contributed by atoms with van der Waals surface area (Å²) >= 11 is 0. The summed E-state index contributed by atoms with van der Waals surface area (Å²) in [5, 5.41) is 3.52. The molecule has 0 saturated heterocycles. The molecule has 19 heavy (non-hydrogen) atoms. The van der Waals surface area contributed by atoms with E-state index in [4.69, 9.17) is 9.47 Å². The van der Waals surface area contributed by atoms with Gasteiger partial charge in [0, 0.05) is 33.9 Å². The molecule has 0 aromatic heterocycles. The summed E-state index contributed by atoms with van der Waals surface area (Å²) in [5.74, 6) is 0. The zero-order chi connectivity index (χ0) is 14.1. The van der Waals surface area contributed by atoms with E-state index >= 15 is 0 Å². The Morgan fingerprint density at radius 1 is 1.11 bits per heavy atom. The van der Waals surface area contributed by atoms with Crippen LogP contribution in [0.2, 0.25) is 0 Å². The summed E-state index contributed by atoms with van der Waals surface area (Å²) in [4.78, 5) is 0. The van der Waals surface area contributed by atoms with Gasteiger partial charge in [0.25, 0.3) is 0 Å². The number of hydrogen-bond acceptors (Lipinski definition) is 3. The lowest BCUT2D eigenvalue weighted by Gasteiger charge is -2.24. The highest BCUT2D eigenvalue weighted by molar-refractivity contribution is 5.22. The molecule has 1 aromatic rings. The first-order valence-corrected chi connectivity index (χ1v) is 6.84. The number of nitrogens with one attached hydrogen (secondary N) is 1. The van der Waals surface area contributed by atoms with Gasteiger partial charge in [0.05, 0.1) is 6.61 Å². The van der Waals surface area contributed by atoms with Gasteiger partial charge < -0.3 is 14.8 Å². The molecule has 108 valence electrons. The molecule has 0 atom stereocenters.